The van der Waals surface area contributed by atoms with E-state index in [1.165, 1.54) is 0 Å². The number of alkyl halides is 3. The minimum Gasteiger partial charge on any atom is -0.493 e. The molecule has 0 heterocycles. The van der Waals surface area contributed by atoms with Gasteiger partial charge < -0.3 is 14.2 Å². The monoisotopic (exact) mass is 532 g/mol. The van der Waals surface area contributed by atoms with Crippen molar-refractivity contribution in [2.75, 3.05) is 13.2 Å². The first-order chi connectivity index (χ1) is 18.1. The third-order valence-corrected chi connectivity index (χ3v) is 6.04. The van der Waals surface area contributed by atoms with E-state index in [4.69, 9.17) is 14.2 Å². The maximum atomic E-state index is 14.4. The Labute approximate surface area is 220 Å². The molecule has 0 saturated heterocycles. The molecule has 0 fully saturated rings. The number of esters is 1. The zero-order chi connectivity index (χ0) is 27.7. The summed E-state index contributed by atoms with van der Waals surface area (Å²) in [5, 5.41) is 0. The molecule has 0 aliphatic rings. The topological polar surface area (TPSA) is 44.8 Å². The van der Waals surface area contributed by atoms with Crippen LogP contribution in [0.4, 0.5) is 17.6 Å². The summed E-state index contributed by atoms with van der Waals surface area (Å²) in [7, 11) is 0. The zero-order valence-electron chi connectivity index (χ0n) is 21.7. The molecule has 3 aromatic rings. The van der Waals surface area contributed by atoms with Crippen LogP contribution in [0.5, 0.6) is 11.5 Å². The van der Waals surface area contributed by atoms with Crippen LogP contribution < -0.4 is 9.47 Å². The zero-order valence-corrected chi connectivity index (χ0v) is 21.7. The summed E-state index contributed by atoms with van der Waals surface area (Å²) in [5.74, 6) is -0.911. The number of carbonyl (C=O) groups is 1. The first-order valence-corrected chi connectivity index (χ1v) is 12.6. The van der Waals surface area contributed by atoms with Gasteiger partial charge in [-0.15, -0.1) is 0 Å². The molecule has 0 aromatic heterocycles. The standard InChI is InChI=1S/C30H32F4O4/c1-4-21-17-24(13-11-22(21)12-14-29(35)36-5-2)37-16-15-20(3)38-28-19-27(31)26(30(32,33)34)18-25(28)23-9-7-6-8-10-23/h6-11,13,17-20H,4-5,12,14-16H2,1-3H3/t20-/m0/s1. The van der Waals surface area contributed by atoms with Gasteiger partial charge in [0.25, 0.3) is 0 Å². The number of rotatable bonds is 12. The van der Waals surface area contributed by atoms with Crippen LogP contribution in [0.2, 0.25) is 0 Å². The average molecular weight is 533 g/mol. The van der Waals surface area contributed by atoms with Gasteiger partial charge in [0.1, 0.15) is 17.3 Å². The Bertz CT molecular complexity index is 1210. The van der Waals surface area contributed by atoms with Crippen molar-refractivity contribution in [2.45, 2.75) is 58.7 Å². The maximum absolute atomic E-state index is 14.4. The quantitative estimate of drug-likeness (QED) is 0.176. The van der Waals surface area contributed by atoms with Gasteiger partial charge in [0.15, 0.2) is 0 Å². The Morgan fingerprint density at radius 3 is 2.37 bits per heavy atom. The Balaban J connectivity index is 1.65. The minimum atomic E-state index is -4.82. The van der Waals surface area contributed by atoms with Crippen molar-refractivity contribution >= 4 is 5.97 Å². The molecular formula is C30H32F4O4. The molecular weight excluding hydrogens is 500 g/mol. The summed E-state index contributed by atoms with van der Waals surface area (Å²) in [4.78, 5) is 11.7. The van der Waals surface area contributed by atoms with Gasteiger partial charge in [-0.3, -0.25) is 4.79 Å². The summed E-state index contributed by atoms with van der Waals surface area (Å²) in [5.41, 5.74) is 1.45. The van der Waals surface area contributed by atoms with Crippen LogP contribution in [0.25, 0.3) is 11.1 Å². The van der Waals surface area contributed by atoms with Crippen molar-refractivity contribution in [3.8, 4) is 22.6 Å². The van der Waals surface area contributed by atoms with Crippen LogP contribution in [0.3, 0.4) is 0 Å². The predicted molar refractivity (Wildman–Crippen MR) is 138 cm³/mol. The highest BCUT2D eigenvalue weighted by atomic mass is 19.4. The molecule has 0 aliphatic heterocycles. The average Bonchev–Trinajstić information content (AvgIpc) is 2.87. The molecule has 8 heteroatoms. The van der Waals surface area contributed by atoms with Crippen LogP contribution in [0.1, 0.15) is 50.3 Å². The number of benzene rings is 3. The van der Waals surface area contributed by atoms with Crippen molar-refractivity contribution in [2.24, 2.45) is 0 Å². The molecule has 1 atom stereocenters. The van der Waals surface area contributed by atoms with Crippen molar-refractivity contribution in [3.05, 3.63) is 83.2 Å². The number of hydrogen-bond donors (Lipinski definition) is 0. The van der Waals surface area contributed by atoms with E-state index in [2.05, 4.69) is 0 Å². The van der Waals surface area contributed by atoms with Gasteiger partial charge >= 0.3 is 12.1 Å². The first kappa shape index (κ1) is 29.0. The number of aryl methyl sites for hydroxylation is 2. The second-order valence-corrected chi connectivity index (χ2v) is 8.85. The molecule has 0 N–H and O–H groups in total. The molecule has 4 nitrogen and oxygen atoms in total. The first-order valence-electron chi connectivity index (χ1n) is 12.6. The number of ether oxygens (including phenoxy) is 3. The maximum Gasteiger partial charge on any atom is 0.419 e. The minimum absolute atomic E-state index is 0.0356. The highest BCUT2D eigenvalue weighted by Gasteiger charge is 2.35. The molecule has 3 rings (SSSR count). The van der Waals surface area contributed by atoms with Crippen LogP contribution in [0.15, 0.2) is 60.7 Å². The van der Waals surface area contributed by atoms with Crippen molar-refractivity contribution < 1.29 is 36.6 Å². The Morgan fingerprint density at radius 2 is 1.71 bits per heavy atom. The van der Waals surface area contributed by atoms with E-state index in [-0.39, 0.29) is 23.9 Å². The van der Waals surface area contributed by atoms with Gasteiger partial charge in [0.05, 0.1) is 24.9 Å². The SMILES string of the molecule is CCOC(=O)CCc1ccc(OCC[C@H](C)Oc2cc(F)c(C(F)(F)F)cc2-c2ccccc2)cc1CC. The largest absolute Gasteiger partial charge is 0.493 e. The number of halogens is 4. The molecule has 0 amide bonds. The third-order valence-electron chi connectivity index (χ3n) is 6.04. The van der Waals surface area contributed by atoms with E-state index >= 15 is 0 Å². The summed E-state index contributed by atoms with van der Waals surface area (Å²) in [6.07, 6.45) is -3.19. The van der Waals surface area contributed by atoms with E-state index in [9.17, 15) is 22.4 Å². The summed E-state index contributed by atoms with van der Waals surface area (Å²) in [6.45, 7) is 6.20. The van der Waals surface area contributed by atoms with Crippen LogP contribution in [-0.4, -0.2) is 25.3 Å². The van der Waals surface area contributed by atoms with Gasteiger partial charge in [-0.25, -0.2) is 4.39 Å². The lowest BCUT2D eigenvalue weighted by molar-refractivity contribution is -0.143. The fraction of sp³-hybridized carbons (Fsp3) is 0.367. The molecule has 204 valence electrons. The molecule has 38 heavy (non-hydrogen) atoms. The highest BCUT2D eigenvalue weighted by Crippen LogP contribution is 2.39. The molecule has 0 bridgehead atoms. The smallest absolute Gasteiger partial charge is 0.419 e. The Kier molecular flexibility index (Phi) is 10.2. The van der Waals surface area contributed by atoms with Crippen molar-refractivity contribution in [1.29, 1.82) is 0 Å². The van der Waals surface area contributed by atoms with E-state index in [0.717, 1.165) is 29.7 Å². The van der Waals surface area contributed by atoms with Gasteiger partial charge in [-0.05, 0) is 61.6 Å². The lowest BCUT2D eigenvalue weighted by Gasteiger charge is -2.20. The predicted octanol–water partition coefficient (Wildman–Crippen LogP) is 7.81. The fourth-order valence-corrected chi connectivity index (χ4v) is 4.07. The van der Waals surface area contributed by atoms with Gasteiger partial charge in [0, 0.05) is 24.5 Å². The van der Waals surface area contributed by atoms with E-state index in [0.29, 0.717) is 37.2 Å². The normalized spacial score (nSPS) is 12.2. The molecule has 0 radical (unpaired) electrons. The summed E-state index contributed by atoms with van der Waals surface area (Å²) >= 11 is 0. The summed E-state index contributed by atoms with van der Waals surface area (Å²) < 4.78 is 71.1. The third kappa shape index (κ3) is 7.97. The van der Waals surface area contributed by atoms with Gasteiger partial charge in [0.2, 0.25) is 0 Å². The lowest BCUT2D eigenvalue weighted by atomic mass is 10.0. The Hall–Kier alpha value is -3.55. The van der Waals surface area contributed by atoms with E-state index in [1.807, 2.05) is 25.1 Å². The highest BCUT2D eigenvalue weighted by molar-refractivity contribution is 5.71. The second-order valence-electron chi connectivity index (χ2n) is 8.85. The molecule has 0 spiro atoms. The number of carbonyl (C=O) groups excluding carboxylic acids is 1. The van der Waals surface area contributed by atoms with E-state index < -0.39 is 23.7 Å². The van der Waals surface area contributed by atoms with Crippen LogP contribution >= 0.6 is 0 Å². The lowest BCUT2D eigenvalue weighted by Crippen LogP contribution is -2.17. The molecule has 0 aliphatic carbocycles. The Morgan fingerprint density at radius 1 is 0.974 bits per heavy atom. The van der Waals surface area contributed by atoms with E-state index in [1.54, 1.807) is 44.2 Å². The number of hydrogen-bond acceptors (Lipinski definition) is 4. The van der Waals surface area contributed by atoms with Crippen LogP contribution in [0, 0.1) is 5.82 Å². The van der Waals surface area contributed by atoms with Crippen LogP contribution in [-0.2, 0) is 28.5 Å². The molecule has 3 aromatic carbocycles. The van der Waals surface area contributed by atoms with Crippen molar-refractivity contribution in [1.82, 2.24) is 0 Å². The van der Waals surface area contributed by atoms with Crippen molar-refractivity contribution in [3.63, 3.8) is 0 Å². The van der Waals surface area contributed by atoms with Gasteiger partial charge in [-0.2, -0.15) is 13.2 Å². The fourth-order valence-electron chi connectivity index (χ4n) is 4.07. The second kappa shape index (κ2) is 13.3. The summed E-state index contributed by atoms with van der Waals surface area (Å²) in [6, 6.07) is 15.7. The molecule has 0 saturated carbocycles. The molecule has 0 unspecified atom stereocenters. The van der Waals surface area contributed by atoms with Gasteiger partial charge in [-0.1, -0.05) is 43.3 Å².